The van der Waals surface area contributed by atoms with E-state index >= 15 is 0 Å². The summed E-state index contributed by atoms with van der Waals surface area (Å²) in [7, 11) is 0. The number of hydrogen-bond acceptors (Lipinski definition) is 3. The highest BCUT2D eigenvalue weighted by atomic mass is 19.1. The minimum Gasteiger partial charge on any atom is -0.296 e. The van der Waals surface area contributed by atoms with Crippen LogP contribution in [0, 0.1) is 19.8 Å². The highest BCUT2D eigenvalue weighted by Crippen LogP contribution is 2.31. The standard InChI is InChI=1S/C19H15FN4/c1-12-9-17-23-11-16(15-6-4-8-22-19(15)20)24(17)13(2)18(12)14-5-3-7-21-10-14/h3-11H,1-2H3. The molecule has 0 radical (unpaired) electrons. The Balaban J connectivity index is 2.05. The van der Waals surface area contributed by atoms with Crippen LogP contribution in [0.4, 0.5) is 4.39 Å². The van der Waals surface area contributed by atoms with Gasteiger partial charge in [-0.1, -0.05) is 6.07 Å². The van der Waals surface area contributed by atoms with Crippen molar-refractivity contribution in [3.05, 3.63) is 72.3 Å². The summed E-state index contributed by atoms with van der Waals surface area (Å²) in [5.74, 6) is -0.498. The first-order valence-corrected chi connectivity index (χ1v) is 7.66. The molecule has 0 saturated heterocycles. The fourth-order valence-electron chi connectivity index (χ4n) is 3.20. The van der Waals surface area contributed by atoms with Crippen molar-refractivity contribution in [2.24, 2.45) is 0 Å². The average molecular weight is 318 g/mol. The number of imidazole rings is 1. The van der Waals surface area contributed by atoms with Crippen LogP contribution in [0.3, 0.4) is 0 Å². The number of halogens is 1. The third-order valence-corrected chi connectivity index (χ3v) is 4.21. The lowest BCUT2D eigenvalue weighted by molar-refractivity contribution is 0.587. The summed E-state index contributed by atoms with van der Waals surface area (Å²) in [4.78, 5) is 12.4. The second-order valence-corrected chi connectivity index (χ2v) is 5.71. The molecule has 5 heteroatoms. The highest BCUT2D eigenvalue weighted by molar-refractivity contribution is 5.74. The molecule has 0 atom stereocenters. The average Bonchev–Trinajstić information content (AvgIpc) is 3.00. The Hall–Kier alpha value is -3.08. The van der Waals surface area contributed by atoms with Crippen molar-refractivity contribution in [2.45, 2.75) is 13.8 Å². The Labute approximate surface area is 138 Å². The van der Waals surface area contributed by atoms with Gasteiger partial charge in [0, 0.05) is 35.4 Å². The topological polar surface area (TPSA) is 43.1 Å². The lowest BCUT2D eigenvalue weighted by Gasteiger charge is -2.14. The van der Waals surface area contributed by atoms with Crippen LogP contribution in [0.5, 0.6) is 0 Å². The summed E-state index contributed by atoms with van der Waals surface area (Å²) >= 11 is 0. The largest absolute Gasteiger partial charge is 0.296 e. The molecule has 4 aromatic rings. The SMILES string of the molecule is Cc1cc2ncc(-c3cccnc3F)n2c(C)c1-c1cccnc1. The van der Waals surface area contributed by atoms with Crippen molar-refractivity contribution in [3.63, 3.8) is 0 Å². The van der Waals surface area contributed by atoms with E-state index in [0.717, 1.165) is 28.0 Å². The Kier molecular flexibility index (Phi) is 3.34. The maximum atomic E-state index is 14.2. The Morgan fingerprint density at radius 1 is 1.00 bits per heavy atom. The predicted octanol–water partition coefficient (Wildman–Crippen LogP) is 4.21. The normalized spacial score (nSPS) is 11.1. The summed E-state index contributed by atoms with van der Waals surface area (Å²) in [6.07, 6.45) is 6.72. The molecule has 0 aliphatic carbocycles. The van der Waals surface area contributed by atoms with Crippen LogP contribution in [0.25, 0.3) is 28.0 Å². The minimum absolute atomic E-state index is 0.439. The van der Waals surface area contributed by atoms with E-state index in [1.165, 1.54) is 6.20 Å². The van der Waals surface area contributed by atoms with Crippen LogP contribution in [-0.2, 0) is 0 Å². The van der Waals surface area contributed by atoms with Crippen molar-refractivity contribution < 1.29 is 4.39 Å². The molecule has 0 aromatic carbocycles. The van der Waals surface area contributed by atoms with Gasteiger partial charge in [-0.25, -0.2) is 9.97 Å². The molecule has 0 aliphatic rings. The molecule has 24 heavy (non-hydrogen) atoms. The van der Waals surface area contributed by atoms with E-state index in [1.54, 1.807) is 24.5 Å². The third kappa shape index (κ3) is 2.17. The van der Waals surface area contributed by atoms with Gasteiger partial charge in [-0.2, -0.15) is 4.39 Å². The maximum absolute atomic E-state index is 14.2. The molecular formula is C19H15FN4. The third-order valence-electron chi connectivity index (χ3n) is 4.21. The van der Waals surface area contributed by atoms with Gasteiger partial charge in [0.05, 0.1) is 17.5 Å². The molecule has 0 bridgehead atoms. The molecule has 0 amide bonds. The van der Waals surface area contributed by atoms with Gasteiger partial charge in [0.2, 0.25) is 5.95 Å². The second kappa shape index (κ2) is 5.53. The van der Waals surface area contributed by atoms with Gasteiger partial charge >= 0.3 is 0 Å². The van der Waals surface area contributed by atoms with Crippen LogP contribution in [-0.4, -0.2) is 19.4 Å². The first-order valence-electron chi connectivity index (χ1n) is 7.66. The molecule has 0 spiro atoms. The summed E-state index contributed by atoms with van der Waals surface area (Å²) in [6.45, 7) is 4.07. The fourth-order valence-corrected chi connectivity index (χ4v) is 3.20. The van der Waals surface area contributed by atoms with Gasteiger partial charge in [-0.15, -0.1) is 0 Å². The lowest BCUT2D eigenvalue weighted by atomic mass is 10.0. The molecule has 0 saturated carbocycles. The molecule has 0 unspecified atom stereocenters. The molecule has 4 aromatic heterocycles. The van der Waals surface area contributed by atoms with E-state index in [1.807, 2.05) is 42.6 Å². The fraction of sp³-hybridized carbons (Fsp3) is 0.105. The maximum Gasteiger partial charge on any atom is 0.222 e. The molecule has 4 rings (SSSR count). The molecule has 0 N–H and O–H groups in total. The summed E-state index contributed by atoms with van der Waals surface area (Å²) in [5.41, 5.74) is 6.13. The summed E-state index contributed by atoms with van der Waals surface area (Å²) in [6, 6.07) is 9.38. The molecular weight excluding hydrogens is 303 g/mol. The number of fused-ring (bicyclic) bond motifs is 1. The number of pyridine rings is 3. The smallest absolute Gasteiger partial charge is 0.222 e. The van der Waals surface area contributed by atoms with Crippen molar-refractivity contribution in [2.75, 3.05) is 0 Å². The Morgan fingerprint density at radius 3 is 2.58 bits per heavy atom. The van der Waals surface area contributed by atoms with Gasteiger partial charge < -0.3 is 0 Å². The van der Waals surface area contributed by atoms with Crippen LogP contribution < -0.4 is 0 Å². The first-order chi connectivity index (χ1) is 11.7. The van der Waals surface area contributed by atoms with Gasteiger partial charge in [0.25, 0.3) is 0 Å². The van der Waals surface area contributed by atoms with E-state index in [-0.39, 0.29) is 0 Å². The molecule has 118 valence electrons. The van der Waals surface area contributed by atoms with Crippen LogP contribution in [0.15, 0.2) is 55.1 Å². The Morgan fingerprint density at radius 2 is 1.83 bits per heavy atom. The lowest BCUT2D eigenvalue weighted by Crippen LogP contribution is -2.01. The zero-order chi connectivity index (χ0) is 16.7. The van der Waals surface area contributed by atoms with E-state index in [4.69, 9.17) is 0 Å². The molecule has 4 nitrogen and oxygen atoms in total. The summed E-state index contributed by atoms with van der Waals surface area (Å²) < 4.78 is 16.1. The number of nitrogens with zero attached hydrogens (tertiary/aromatic N) is 4. The van der Waals surface area contributed by atoms with Gasteiger partial charge in [-0.3, -0.25) is 9.38 Å². The first kappa shape index (κ1) is 14.5. The number of aromatic nitrogens is 4. The quantitative estimate of drug-likeness (QED) is 0.520. The van der Waals surface area contributed by atoms with Gasteiger partial charge in [-0.05, 0) is 43.7 Å². The highest BCUT2D eigenvalue weighted by Gasteiger charge is 2.16. The van der Waals surface area contributed by atoms with E-state index in [0.29, 0.717) is 11.3 Å². The zero-order valence-electron chi connectivity index (χ0n) is 13.4. The van der Waals surface area contributed by atoms with E-state index < -0.39 is 5.95 Å². The van der Waals surface area contributed by atoms with Crippen molar-refractivity contribution in [3.8, 4) is 22.4 Å². The van der Waals surface area contributed by atoms with E-state index in [9.17, 15) is 4.39 Å². The van der Waals surface area contributed by atoms with Crippen LogP contribution >= 0.6 is 0 Å². The molecule has 0 aliphatic heterocycles. The Bertz CT molecular complexity index is 1040. The number of aryl methyl sites for hydroxylation is 2. The van der Waals surface area contributed by atoms with Crippen molar-refractivity contribution >= 4 is 5.65 Å². The van der Waals surface area contributed by atoms with Gasteiger partial charge in [0.15, 0.2) is 0 Å². The van der Waals surface area contributed by atoms with Crippen LogP contribution in [0.2, 0.25) is 0 Å². The second-order valence-electron chi connectivity index (χ2n) is 5.71. The van der Waals surface area contributed by atoms with Crippen LogP contribution in [0.1, 0.15) is 11.3 Å². The monoisotopic (exact) mass is 318 g/mol. The van der Waals surface area contributed by atoms with Gasteiger partial charge in [0.1, 0.15) is 5.65 Å². The predicted molar refractivity (Wildman–Crippen MR) is 91.1 cm³/mol. The minimum atomic E-state index is -0.498. The molecule has 0 fully saturated rings. The van der Waals surface area contributed by atoms with Crippen molar-refractivity contribution in [1.82, 2.24) is 19.4 Å². The number of hydrogen-bond donors (Lipinski definition) is 0. The zero-order valence-corrected chi connectivity index (χ0v) is 13.4. The van der Waals surface area contributed by atoms with E-state index in [2.05, 4.69) is 15.0 Å². The number of rotatable bonds is 2. The molecule has 4 heterocycles. The van der Waals surface area contributed by atoms with Crippen molar-refractivity contribution in [1.29, 1.82) is 0 Å². The summed E-state index contributed by atoms with van der Waals surface area (Å²) in [5, 5.41) is 0.